The van der Waals surface area contributed by atoms with Gasteiger partial charge in [-0.3, -0.25) is 9.59 Å². The number of carbonyl (C=O) groups is 2. The summed E-state index contributed by atoms with van der Waals surface area (Å²) in [4.78, 5) is 24.3. The number of amides is 2. The minimum atomic E-state index is -0.586. The van der Waals surface area contributed by atoms with Gasteiger partial charge in [-0.1, -0.05) is 54.6 Å². The molecule has 0 aliphatic carbocycles. The summed E-state index contributed by atoms with van der Waals surface area (Å²) in [5, 5.41) is 6.93. The molecule has 0 radical (unpaired) electrons. The van der Waals surface area contributed by atoms with Crippen LogP contribution in [-0.2, 0) is 9.59 Å². The average Bonchev–Trinajstić information content (AvgIpc) is 2.77. The Morgan fingerprint density at radius 3 is 1.52 bits per heavy atom. The molecule has 6 nitrogen and oxygen atoms in total. The fraction of sp³-hybridized carbons (Fsp3) is 0.440. The molecule has 0 bridgehead atoms. The van der Waals surface area contributed by atoms with Crippen molar-refractivity contribution in [3.05, 3.63) is 58.6 Å². The van der Waals surface area contributed by atoms with Gasteiger partial charge in [0.15, 0.2) is 12.2 Å². The van der Waals surface area contributed by atoms with E-state index in [0.29, 0.717) is 34.6 Å². The molecule has 2 atom stereocenters. The predicted molar refractivity (Wildman–Crippen MR) is 132 cm³/mol. The number of ether oxygens (including phenoxy) is 2. The topological polar surface area (TPSA) is 76.7 Å². The summed E-state index contributed by atoms with van der Waals surface area (Å²) in [5.74, 6) is 0.851. The van der Waals surface area contributed by atoms with Crippen molar-refractivity contribution < 1.29 is 19.1 Å². The highest BCUT2D eigenvalue weighted by Crippen LogP contribution is 2.19. The summed E-state index contributed by atoms with van der Waals surface area (Å²) in [5.41, 5.74) is 0. The van der Waals surface area contributed by atoms with Crippen molar-refractivity contribution >= 4 is 35.0 Å². The Kier molecular flexibility index (Phi) is 11.9. The zero-order chi connectivity index (χ0) is 24.1. The average molecular weight is 495 g/mol. The van der Waals surface area contributed by atoms with Crippen LogP contribution in [0.25, 0.3) is 0 Å². The van der Waals surface area contributed by atoms with Crippen LogP contribution in [0.2, 0.25) is 10.0 Å². The van der Waals surface area contributed by atoms with E-state index in [-0.39, 0.29) is 11.8 Å². The van der Waals surface area contributed by atoms with Crippen LogP contribution in [0, 0.1) is 0 Å². The summed E-state index contributed by atoms with van der Waals surface area (Å²) >= 11 is 11.8. The van der Waals surface area contributed by atoms with Gasteiger partial charge in [-0.2, -0.15) is 0 Å². The first-order chi connectivity index (χ1) is 15.8. The third-order valence-corrected chi connectivity index (χ3v) is 5.38. The minimum Gasteiger partial charge on any atom is -0.481 e. The number of hydrogen-bond donors (Lipinski definition) is 2. The van der Waals surface area contributed by atoms with E-state index in [1.165, 1.54) is 0 Å². The fourth-order valence-corrected chi connectivity index (χ4v) is 3.45. The van der Waals surface area contributed by atoms with Gasteiger partial charge < -0.3 is 20.1 Å². The maximum atomic E-state index is 12.1. The first-order valence-electron chi connectivity index (χ1n) is 11.2. The molecule has 0 aliphatic rings. The van der Waals surface area contributed by atoms with Crippen LogP contribution in [0.1, 0.15) is 46.0 Å². The van der Waals surface area contributed by atoms with Crippen molar-refractivity contribution in [1.29, 1.82) is 0 Å². The normalized spacial score (nSPS) is 12.5. The molecule has 2 rings (SSSR count). The van der Waals surface area contributed by atoms with E-state index >= 15 is 0 Å². The van der Waals surface area contributed by atoms with E-state index in [4.69, 9.17) is 32.7 Å². The molecule has 0 aromatic heterocycles. The number of rotatable bonds is 14. The quantitative estimate of drug-likeness (QED) is 0.344. The molecule has 0 aliphatic heterocycles. The molecule has 8 heteroatoms. The van der Waals surface area contributed by atoms with Crippen molar-refractivity contribution in [1.82, 2.24) is 10.6 Å². The molecule has 0 heterocycles. The lowest BCUT2D eigenvalue weighted by molar-refractivity contribution is -0.127. The van der Waals surface area contributed by atoms with Crippen LogP contribution in [-0.4, -0.2) is 37.1 Å². The Morgan fingerprint density at radius 2 is 1.12 bits per heavy atom. The monoisotopic (exact) mass is 494 g/mol. The summed E-state index contributed by atoms with van der Waals surface area (Å²) in [6.07, 6.45) is 3.67. The second-order valence-corrected chi connectivity index (χ2v) is 8.66. The van der Waals surface area contributed by atoms with Gasteiger partial charge in [-0.15, -0.1) is 0 Å². The summed E-state index contributed by atoms with van der Waals surface area (Å²) in [6, 6.07) is 14.0. The van der Waals surface area contributed by atoms with Crippen molar-refractivity contribution in [2.24, 2.45) is 0 Å². The molecular formula is C25H32Cl2N2O4. The first kappa shape index (κ1) is 26.8. The molecule has 180 valence electrons. The highest BCUT2D eigenvalue weighted by Gasteiger charge is 2.15. The maximum Gasteiger partial charge on any atom is 0.260 e. The number of nitrogens with one attached hydrogen (secondary N) is 2. The Bertz CT molecular complexity index is 823. The largest absolute Gasteiger partial charge is 0.481 e. The van der Waals surface area contributed by atoms with Gasteiger partial charge in [-0.05, 0) is 63.1 Å². The van der Waals surface area contributed by atoms with Crippen LogP contribution in [0.5, 0.6) is 11.5 Å². The lowest BCUT2D eigenvalue weighted by Gasteiger charge is -2.15. The third kappa shape index (κ3) is 10.8. The van der Waals surface area contributed by atoms with Crippen LogP contribution in [0.15, 0.2) is 48.5 Å². The predicted octanol–water partition coefficient (Wildman–Crippen LogP) is 5.41. The number of carbonyl (C=O) groups excluding carboxylic acids is 2. The Labute approximate surface area is 205 Å². The molecule has 0 saturated carbocycles. The Morgan fingerprint density at radius 1 is 0.727 bits per heavy atom. The van der Waals surface area contributed by atoms with Crippen molar-refractivity contribution in [3.8, 4) is 11.5 Å². The van der Waals surface area contributed by atoms with Gasteiger partial charge in [0.2, 0.25) is 0 Å². The zero-order valence-electron chi connectivity index (χ0n) is 19.1. The van der Waals surface area contributed by atoms with Crippen LogP contribution < -0.4 is 20.1 Å². The number of benzene rings is 2. The molecule has 0 spiro atoms. The molecule has 2 aromatic rings. The van der Waals surface area contributed by atoms with E-state index < -0.39 is 12.2 Å². The Hall–Kier alpha value is -2.44. The standard InChI is InChI=1S/C25H32Cl2N2O4/c1-18(32-22-12-8-10-20(26)16-22)24(30)28-14-6-4-3-5-7-15-29-25(31)19(2)33-23-13-9-11-21(27)17-23/h8-13,16-19H,3-7,14-15H2,1-2H3,(H,28,30)(H,29,31). The second-order valence-electron chi connectivity index (χ2n) is 7.78. The van der Waals surface area contributed by atoms with Gasteiger partial charge in [0.25, 0.3) is 11.8 Å². The molecule has 2 amide bonds. The smallest absolute Gasteiger partial charge is 0.260 e. The van der Waals surface area contributed by atoms with E-state index in [0.717, 1.165) is 32.1 Å². The maximum absolute atomic E-state index is 12.1. The minimum absolute atomic E-state index is 0.146. The van der Waals surface area contributed by atoms with Crippen LogP contribution >= 0.6 is 23.2 Å². The van der Waals surface area contributed by atoms with Crippen LogP contribution in [0.4, 0.5) is 0 Å². The van der Waals surface area contributed by atoms with Crippen molar-refractivity contribution in [3.63, 3.8) is 0 Å². The molecule has 2 unspecified atom stereocenters. The van der Waals surface area contributed by atoms with Crippen LogP contribution in [0.3, 0.4) is 0 Å². The SMILES string of the molecule is CC(Oc1cccc(Cl)c1)C(=O)NCCCCCCCNC(=O)C(C)Oc1cccc(Cl)c1. The molecule has 2 aromatic carbocycles. The summed E-state index contributed by atoms with van der Waals surface area (Å²) in [7, 11) is 0. The highest BCUT2D eigenvalue weighted by molar-refractivity contribution is 6.31. The van der Waals surface area contributed by atoms with Gasteiger partial charge in [0.05, 0.1) is 0 Å². The van der Waals surface area contributed by atoms with Gasteiger partial charge in [-0.25, -0.2) is 0 Å². The van der Waals surface area contributed by atoms with E-state index in [1.807, 2.05) is 0 Å². The second kappa shape index (κ2) is 14.7. The van der Waals surface area contributed by atoms with Crippen molar-refractivity contribution in [2.75, 3.05) is 13.1 Å². The number of halogens is 2. The number of unbranched alkanes of at least 4 members (excludes halogenated alkanes) is 4. The highest BCUT2D eigenvalue weighted by atomic mass is 35.5. The summed E-state index contributed by atoms with van der Waals surface area (Å²) in [6.45, 7) is 4.64. The lowest BCUT2D eigenvalue weighted by atomic mass is 10.1. The summed E-state index contributed by atoms with van der Waals surface area (Å²) < 4.78 is 11.2. The lowest BCUT2D eigenvalue weighted by Crippen LogP contribution is -2.37. The van der Waals surface area contributed by atoms with E-state index in [2.05, 4.69) is 10.6 Å². The third-order valence-electron chi connectivity index (χ3n) is 4.91. The first-order valence-corrected chi connectivity index (χ1v) is 12.0. The molecular weight excluding hydrogens is 463 g/mol. The zero-order valence-corrected chi connectivity index (χ0v) is 20.6. The Balaban J connectivity index is 1.47. The fourth-order valence-electron chi connectivity index (χ4n) is 3.09. The van der Waals surface area contributed by atoms with Gasteiger partial charge >= 0.3 is 0 Å². The van der Waals surface area contributed by atoms with Gasteiger partial charge in [0, 0.05) is 23.1 Å². The van der Waals surface area contributed by atoms with E-state index in [9.17, 15) is 9.59 Å². The number of hydrogen-bond acceptors (Lipinski definition) is 4. The van der Waals surface area contributed by atoms with E-state index in [1.54, 1.807) is 62.4 Å². The molecule has 0 fully saturated rings. The molecule has 33 heavy (non-hydrogen) atoms. The molecule has 0 saturated heterocycles. The van der Waals surface area contributed by atoms with Crippen molar-refractivity contribution in [2.45, 2.75) is 58.2 Å². The van der Waals surface area contributed by atoms with Gasteiger partial charge in [0.1, 0.15) is 11.5 Å². The molecule has 2 N–H and O–H groups in total.